The molecule has 0 spiro atoms. The molecule has 3 heteroatoms. The number of para-hydroxylation sites is 2. The number of fused-ring (bicyclic) bond motifs is 1. The molecule has 0 atom stereocenters. The summed E-state index contributed by atoms with van der Waals surface area (Å²) in [4.78, 5) is 4.37. The maximum Gasteiger partial charge on any atom is 0.220 e. The highest BCUT2D eigenvalue weighted by Crippen LogP contribution is 2.17. The van der Waals surface area contributed by atoms with Crippen molar-refractivity contribution in [3.05, 3.63) is 71.9 Å². The molecule has 3 rings (SSSR count). The normalized spacial score (nSPS) is 15.6. The molecule has 0 fully saturated rings. The smallest absolute Gasteiger partial charge is 0.220 e. The summed E-state index contributed by atoms with van der Waals surface area (Å²) in [6, 6.07) is 7.67. The van der Waals surface area contributed by atoms with Crippen molar-refractivity contribution in [2.45, 2.75) is 6.42 Å². The molecule has 1 aliphatic rings. The minimum absolute atomic E-state index is 0.293. The number of hydrogen-bond donors (Lipinski definition) is 1. The van der Waals surface area contributed by atoms with Gasteiger partial charge in [-0.1, -0.05) is 24.3 Å². The molecule has 1 aliphatic carbocycles. The summed E-state index contributed by atoms with van der Waals surface area (Å²) < 4.78 is 5.60. The van der Waals surface area contributed by atoms with Gasteiger partial charge in [-0.15, -0.1) is 0 Å². The molecule has 2 aromatic rings. The van der Waals surface area contributed by atoms with Crippen LogP contribution < -0.4 is 0 Å². The lowest BCUT2D eigenvalue weighted by Gasteiger charge is -1.89. The van der Waals surface area contributed by atoms with Crippen LogP contribution in [0.2, 0.25) is 0 Å². The van der Waals surface area contributed by atoms with E-state index in [9.17, 15) is 5.11 Å². The molecule has 1 aromatic heterocycles. The average Bonchev–Trinajstić information content (AvgIpc) is 2.72. The first kappa shape index (κ1) is 11.5. The lowest BCUT2D eigenvalue weighted by Crippen LogP contribution is -1.73. The van der Waals surface area contributed by atoms with Crippen molar-refractivity contribution in [1.82, 2.24) is 4.98 Å². The Bertz CT molecular complexity index is 684. The van der Waals surface area contributed by atoms with Crippen LogP contribution in [-0.4, -0.2) is 10.1 Å². The van der Waals surface area contributed by atoms with E-state index < -0.39 is 0 Å². The van der Waals surface area contributed by atoms with Gasteiger partial charge in [0, 0.05) is 6.08 Å². The quantitative estimate of drug-likeness (QED) is 0.871. The number of hydrogen-bond acceptors (Lipinski definition) is 3. The molecule has 94 valence electrons. The van der Waals surface area contributed by atoms with Gasteiger partial charge in [0.15, 0.2) is 5.58 Å². The molecule has 0 aliphatic heterocycles. The molecule has 0 saturated carbocycles. The highest BCUT2D eigenvalue weighted by molar-refractivity contribution is 5.73. The van der Waals surface area contributed by atoms with Crippen molar-refractivity contribution in [2.24, 2.45) is 0 Å². The number of oxazole rings is 1. The van der Waals surface area contributed by atoms with Gasteiger partial charge in [0.05, 0.1) is 0 Å². The third-order valence-electron chi connectivity index (χ3n) is 2.86. The number of nitrogens with zero attached hydrogens (tertiary/aromatic N) is 1. The SMILES string of the molecule is OC1=CCC=C(/C=C/c2nc3ccccc3o2)C=C1. The second kappa shape index (κ2) is 4.98. The Balaban J connectivity index is 1.83. The molecule has 0 amide bonds. The summed E-state index contributed by atoms with van der Waals surface area (Å²) in [5.41, 5.74) is 2.65. The molecule has 1 aromatic carbocycles. The number of allylic oxidation sites excluding steroid dienone is 6. The van der Waals surface area contributed by atoms with Crippen LogP contribution in [-0.2, 0) is 0 Å². The molecule has 0 radical (unpaired) electrons. The zero-order valence-electron chi connectivity index (χ0n) is 10.3. The van der Waals surface area contributed by atoms with Crippen molar-refractivity contribution < 1.29 is 9.52 Å². The summed E-state index contributed by atoms with van der Waals surface area (Å²) in [7, 11) is 0. The summed E-state index contributed by atoms with van der Waals surface area (Å²) in [6.45, 7) is 0. The van der Waals surface area contributed by atoms with Gasteiger partial charge in [-0.3, -0.25) is 0 Å². The van der Waals surface area contributed by atoms with Crippen LogP contribution in [0.3, 0.4) is 0 Å². The fourth-order valence-corrected chi connectivity index (χ4v) is 1.89. The first-order valence-corrected chi connectivity index (χ1v) is 6.12. The largest absolute Gasteiger partial charge is 0.508 e. The van der Waals surface area contributed by atoms with E-state index in [1.54, 1.807) is 12.2 Å². The van der Waals surface area contributed by atoms with Gasteiger partial charge < -0.3 is 9.52 Å². The Kier molecular flexibility index (Phi) is 3.02. The van der Waals surface area contributed by atoms with Crippen molar-refractivity contribution in [3.8, 4) is 0 Å². The lowest BCUT2D eigenvalue weighted by atomic mass is 10.2. The molecule has 1 N–H and O–H groups in total. The number of aliphatic hydroxyl groups is 1. The van der Waals surface area contributed by atoms with Gasteiger partial charge in [-0.2, -0.15) is 0 Å². The lowest BCUT2D eigenvalue weighted by molar-refractivity contribution is 0.431. The average molecular weight is 251 g/mol. The van der Waals surface area contributed by atoms with Crippen LogP contribution in [0.4, 0.5) is 0 Å². The van der Waals surface area contributed by atoms with Gasteiger partial charge in [0.1, 0.15) is 11.3 Å². The van der Waals surface area contributed by atoms with Crippen molar-refractivity contribution >= 4 is 17.2 Å². The molecular formula is C16H13NO2. The monoisotopic (exact) mass is 251 g/mol. The van der Waals surface area contributed by atoms with E-state index in [0.29, 0.717) is 18.1 Å². The van der Waals surface area contributed by atoms with Crippen LogP contribution in [0, 0.1) is 0 Å². The molecule has 0 bridgehead atoms. The Morgan fingerprint density at radius 1 is 1.11 bits per heavy atom. The summed E-state index contributed by atoms with van der Waals surface area (Å²) in [6.07, 6.45) is 11.8. The van der Waals surface area contributed by atoms with Crippen molar-refractivity contribution in [1.29, 1.82) is 0 Å². The summed E-state index contributed by atoms with van der Waals surface area (Å²) in [5, 5.41) is 9.37. The third-order valence-corrected chi connectivity index (χ3v) is 2.86. The second-order valence-electron chi connectivity index (χ2n) is 4.26. The van der Waals surface area contributed by atoms with E-state index in [1.807, 2.05) is 48.6 Å². The summed E-state index contributed by atoms with van der Waals surface area (Å²) >= 11 is 0. The first-order valence-electron chi connectivity index (χ1n) is 6.12. The Labute approximate surface area is 110 Å². The van der Waals surface area contributed by atoms with E-state index in [0.717, 1.165) is 16.7 Å². The number of aromatic nitrogens is 1. The topological polar surface area (TPSA) is 46.3 Å². The maximum absolute atomic E-state index is 9.37. The Morgan fingerprint density at radius 2 is 2.00 bits per heavy atom. The third kappa shape index (κ3) is 2.65. The second-order valence-corrected chi connectivity index (χ2v) is 4.26. The fourth-order valence-electron chi connectivity index (χ4n) is 1.89. The highest BCUT2D eigenvalue weighted by atomic mass is 16.3. The van der Waals surface area contributed by atoms with Gasteiger partial charge >= 0.3 is 0 Å². The van der Waals surface area contributed by atoms with Gasteiger partial charge in [-0.25, -0.2) is 4.98 Å². The predicted octanol–water partition coefficient (Wildman–Crippen LogP) is 4.17. The minimum Gasteiger partial charge on any atom is -0.508 e. The number of benzene rings is 1. The van der Waals surface area contributed by atoms with Gasteiger partial charge in [0.25, 0.3) is 0 Å². The van der Waals surface area contributed by atoms with Crippen LogP contribution in [0.15, 0.2) is 70.4 Å². The van der Waals surface area contributed by atoms with E-state index in [4.69, 9.17) is 4.42 Å². The van der Waals surface area contributed by atoms with E-state index in [2.05, 4.69) is 4.98 Å². The minimum atomic E-state index is 0.293. The molecule has 1 heterocycles. The van der Waals surface area contributed by atoms with E-state index in [-0.39, 0.29) is 0 Å². The summed E-state index contributed by atoms with van der Waals surface area (Å²) in [5.74, 6) is 0.874. The number of aliphatic hydroxyl groups excluding tert-OH is 1. The Morgan fingerprint density at radius 3 is 2.89 bits per heavy atom. The van der Waals surface area contributed by atoms with E-state index in [1.165, 1.54) is 0 Å². The molecule has 0 saturated heterocycles. The van der Waals surface area contributed by atoms with E-state index >= 15 is 0 Å². The predicted molar refractivity (Wildman–Crippen MR) is 75.6 cm³/mol. The van der Waals surface area contributed by atoms with Crippen LogP contribution in [0.25, 0.3) is 17.2 Å². The first-order chi connectivity index (χ1) is 9.31. The van der Waals surface area contributed by atoms with Gasteiger partial charge in [0.2, 0.25) is 5.89 Å². The van der Waals surface area contributed by atoms with Crippen LogP contribution in [0.1, 0.15) is 12.3 Å². The van der Waals surface area contributed by atoms with Crippen molar-refractivity contribution in [3.63, 3.8) is 0 Å². The Hall–Kier alpha value is -2.55. The van der Waals surface area contributed by atoms with Crippen molar-refractivity contribution in [2.75, 3.05) is 0 Å². The molecule has 0 unspecified atom stereocenters. The zero-order valence-corrected chi connectivity index (χ0v) is 10.3. The van der Waals surface area contributed by atoms with Gasteiger partial charge in [-0.05, 0) is 42.4 Å². The fraction of sp³-hybridized carbons (Fsp3) is 0.0625. The molecule has 3 nitrogen and oxygen atoms in total. The van der Waals surface area contributed by atoms with Crippen LogP contribution in [0.5, 0.6) is 0 Å². The number of rotatable bonds is 2. The maximum atomic E-state index is 9.37. The molecule has 19 heavy (non-hydrogen) atoms. The zero-order chi connectivity index (χ0) is 13.1. The standard InChI is InChI=1S/C16H13NO2/c18-13-5-3-4-12(8-10-13)9-11-16-17-14-6-1-2-7-15(14)19-16/h1-2,4-11,18H,3H2/b11-9+. The molecular weight excluding hydrogens is 238 g/mol. The van der Waals surface area contributed by atoms with Crippen LogP contribution >= 0.6 is 0 Å². The highest BCUT2D eigenvalue weighted by Gasteiger charge is 2.01.